The van der Waals surface area contributed by atoms with Crippen LogP contribution in [0.3, 0.4) is 0 Å². The average Bonchev–Trinajstić information content (AvgIpc) is 3.33. The fourth-order valence-corrected chi connectivity index (χ4v) is 3.76. The summed E-state index contributed by atoms with van der Waals surface area (Å²) in [5, 5.41) is 12.1. The second-order valence-corrected chi connectivity index (χ2v) is 8.35. The average molecular weight is 491 g/mol. The van der Waals surface area contributed by atoms with Crippen LogP contribution in [0.5, 0.6) is 11.5 Å². The van der Waals surface area contributed by atoms with Crippen LogP contribution in [0, 0.1) is 0 Å². The van der Waals surface area contributed by atoms with Crippen molar-refractivity contribution in [3.05, 3.63) is 65.3 Å². The quantitative estimate of drug-likeness (QED) is 0.304. The van der Waals surface area contributed by atoms with Gasteiger partial charge in [0.2, 0.25) is 5.91 Å². The van der Waals surface area contributed by atoms with Crippen LogP contribution in [-0.2, 0) is 18.4 Å². The van der Waals surface area contributed by atoms with Crippen molar-refractivity contribution >= 4 is 16.8 Å². The van der Waals surface area contributed by atoms with Crippen molar-refractivity contribution < 1.29 is 14.3 Å². The van der Waals surface area contributed by atoms with Gasteiger partial charge < -0.3 is 14.8 Å². The van der Waals surface area contributed by atoms with E-state index in [0.717, 1.165) is 41.5 Å². The Kier molecular flexibility index (Phi) is 8.28. The molecule has 0 aliphatic carbocycles. The highest BCUT2D eigenvalue weighted by molar-refractivity contribution is 5.85. The fourth-order valence-electron chi connectivity index (χ4n) is 3.76. The molecule has 0 atom stereocenters. The minimum absolute atomic E-state index is 0.0659. The van der Waals surface area contributed by atoms with E-state index >= 15 is 0 Å². The molecule has 0 saturated heterocycles. The van der Waals surface area contributed by atoms with Crippen LogP contribution in [0.25, 0.3) is 22.2 Å². The highest BCUT2D eigenvalue weighted by atomic mass is 16.5. The summed E-state index contributed by atoms with van der Waals surface area (Å²) in [6, 6.07) is 10.7. The summed E-state index contributed by atoms with van der Waals surface area (Å²) >= 11 is 0. The molecule has 188 valence electrons. The lowest BCUT2D eigenvalue weighted by atomic mass is 10.2. The Hall–Kier alpha value is -4.21. The van der Waals surface area contributed by atoms with E-state index in [1.54, 1.807) is 36.3 Å². The first-order valence-electron chi connectivity index (χ1n) is 12.0. The number of aryl methyl sites for hydroxylation is 1. The van der Waals surface area contributed by atoms with Crippen LogP contribution in [-0.4, -0.2) is 50.7 Å². The van der Waals surface area contributed by atoms with Gasteiger partial charge in [-0.3, -0.25) is 19.3 Å². The molecule has 0 aliphatic heterocycles. The third-order valence-corrected chi connectivity index (χ3v) is 5.70. The van der Waals surface area contributed by atoms with Crippen LogP contribution in [0.2, 0.25) is 0 Å². The largest absolute Gasteiger partial charge is 0.494 e. The van der Waals surface area contributed by atoms with Crippen LogP contribution >= 0.6 is 0 Å². The number of carbonyl (C=O) groups excluding carboxylic acids is 1. The maximum Gasteiger partial charge on any atom is 0.266 e. The van der Waals surface area contributed by atoms with Crippen molar-refractivity contribution in [1.82, 2.24) is 29.9 Å². The predicted octanol–water partition coefficient (Wildman–Crippen LogP) is 2.96. The zero-order valence-electron chi connectivity index (χ0n) is 20.5. The van der Waals surface area contributed by atoms with Gasteiger partial charge in [-0.1, -0.05) is 0 Å². The predicted molar refractivity (Wildman–Crippen MR) is 136 cm³/mol. The summed E-state index contributed by atoms with van der Waals surface area (Å²) < 4.78 is 14.9. The maximum absolute atomic E-state index is 12.3. The van der Waals surface area contributed by atoms with E-state index in [1.807, 2.05) is 31.4 Å². The number of amides is 1. The molecule has 1 amide bonds. The van der Waals surface area contributed by atoms with Crippen LogP contribution in [0.4, 0.5) is 0 Å². The summed E-state index contributed by atoms with van der Waals surface area (Å²) in [7, 11) is 3.48. The summed E-state index contributed by atoms with van der Waals surface area (Å²) in [6.45, 7) is 1.16. The van der Waals surface area contributed by atoms with E-state index in [-0.39, 0.29) is 18.1 Å². The van der Waals surface area contributed by atoms with Gasteiger partial charge in [-0.2, -0.15) is 10.2 Å². The van der Waals surface area contributed by atoms with Gasteiger partial charge in [0.05, 0.1) is 30.6 Å². The monoisotopic (exact) mass is 490 g/mol. The van der Waals surface area contributed by atoms with Gasteiger partial charge in [0.1, 0.15) is 18.1 Å². The number of benzene rings is 1. The fraction of sp³-hybridized carbons (Fsp3) is 0.346. The van der Waals surface area contributed by atoms with Gasteiger partial charge in [-0.15, -0.1) is 0 Å². The Bertz CT molecular complexity index is 1380. The lowest BCUT2D eigenvalue weighted by Gasteiger charge is -2.11. The maximum atomic E-state index is 12.3. The molecule has 36 heavy (non-hydrogen) atoms. The molecule has 4 rings (SSSR count). The lowest BCUT2D eigenvalue weighted by Crippen LogP contribution is -2.25. The van der Waals surface area contributed by atoms with E-state index < -0.39 is 0 Å². The topological polar surface area (TPSA) is 113 Å². The number of unbranched alkanes of at least 4 members (excludes halogenated alkanes) is 2. The molecule has 0 bridgehead atoms. The smallest absolute Gasteiger partial charge is 0.266 e. The summed E-state index contributed by atoms with van der Waals surface area (Å²) in [4.78, 5) is 28.0. The highest BCUT2D eigenvalue weighted by Crippen LogP contribution is 2.27. The molecule has 10 heteroatoms. The first-order valence-corrected chi connectivity index (χ1v) is 12.0. The number of carbonyl (C=O) groups is 1. The van der Waals surface area contributed by atoms with Gasteiger partial charge in [0.25, 0.3) is 5.56 Å². The van der Waals surface area contributed by atoms with E-state index in [9.17, 15) is 9.59 Å². The number of ether oxygens (including phenoxy) is 2. The third-order valence-electron chi connectivity index (χ3n) is 5.70. The molecule has 4 aromatic rings. The van der Waals surface area contributed by atoms with E-state index in [2.05, 4.69) is 20.5 Å². The Balaban J connectivity index is 1.33. The van der Waals surface area contributed by atoms with E-state index in [0.29, 0.717) is 31.0 Å². The van der Waals surface area contributed by atoms with Crippen LogP contribution in [0.1, 0.15) is 25.7 Å². The number of aromatic nitrogens is 5. The highest BCUT2D eigenvalue weighted by Gasteiger charge is 2.08. The molecular weight excluding hydrogens is 460 g/mol. The van der Waals surface area contributed by atoms with Crippen molar-refractivity contribution in [2.75, 3.05) is 20.3 Å². The zero-order chi connectivity index (χ0) is 25.3. The molecule has 10 nitrogen and oxygen atoms in total. The van der Waals surface area contributed by atoms with E-state index in [1.165, 1.54) is 10.7 Å². The zero-order valence-corrected chi connectivity index (χ0v) is 20.5. The SMILES string of the molecule is CNC(=O)CCCCCOc1ccc2c(OCCn3nc(-c4cnn(C)c4)ccc3=O)ccnc2c1. The van der Waals surface area contributed by atoms with Crippen molar-refractivity contribution in [3.63, 3.8) is 0 Å². The number of rotatable bonds is 12. The van der Waals surface area contributed by atoms with Crippen molar-refractivity contribution in [1.29, 1.82) is 0 Å². The van der Waals surface area contributed by atoms with Gasteiger partial charge in [-0.05, 0) is 43.5 Å². The molecule has 1 aromatic carbocycles. The Labute approximate surface area is 208 Å². The molecule has 0 unspecified atom stereocenters. The standard InChI is InChI=1S/C26H30N6O4/c1-27-25(33)6-4-3-5-14-35-20-7-8-21-23(16-20)28-12-11-24(21)36-15-13-32-26(34)10-9-22(30-32)19-17-29-31(2)18-19/h7-12,16-18H,3-6,13-15H2,1-2H3,(H,27,33). The normalized spacial score (nSPS) is 10.9. The molecular formula is C26H30N6O4. The van der Waals surface area contributed by atoms with Crippen LogP contribution < -0.4 is 20.3 Å². The van der Waals surface area contributed by atoms with Gasteiger partial charge >= 0.3 is 0 Å². The molecule has 0 saturated carbocycles. The Morgan fingerprint density at radius 3 is 2.75 bits per heavy atom. The summed E-state index contributed by atoms with van der Waals surface area (Å²) in [5.41, 5.74) is 2.09. The minimum Gasteiger partial charge on any atom is -0.494 e. The second-order valence-electron chi connectivity index (χ2n) is 8.35. The van der Waals surface area contributed by atoms with E-state index in [4.69, 9.17) is 9.47 Å². The van der Waals surface area contributed by atoms with Crippen molar-refractivity contribution in [3.8, 4) is 22.8 Å². The molecule has 0 aliphatic rings. The van der Waals surface area contributed by atoms with Crippen LogP contribution in [0.15, 0.2) is 59.8 Å². The third kappa shape index (κ3) is 6.47. The minimum atomic E-state index is -0.193. The number of hydrogen-bond acceptors (Lipinski definition) is 7. The van der Waals surface area contributed by atoms with Gasteiger partial charge in [0.15, 0.2) is 0 Å². The van der Waals surface area contributed by atoms with Gasteiger partial charge in [-0.25, -0.2) is 4.68 Å². The van der Waals surface area contributed by atoms with Crippen molar-refractivity contribution in [2.24, 2.45) is 7.05 Å². The number of fused-ring (bicyclic) bond motifs is 1. The van der Waals surface area contributed by atoms with Crippen molar-refractivity contribution in [2.45, 2.75) is 32.2 Å². The molecule has 0 spiro atoms. The first kappa shape index (κ1) is 24.9. The number of nitrogens with one attached hydrogen (secondary N) is 1. The first-order chi connectivity index (χ1) is 17.5. The molecule has 1 N–H and O–H groups in total. The number of pyridine rings is 1. The Morgan fingerprint density at radius 1 is 1.06 bits per heavy atom. The van der Waals surface area contributed by atoms with Gasteiger partial charge in [0, 0.05) is 56.0 Å². The molecule has 3 aromatic heterocycles. The molecule has 3 heterocycles. The number of hydrogen-bond donors (Lipinski definition) is 1. The summed E-state index contributed by atoms with van der Waals surface area (Å²) in [5.74, 6) is 1.48. The second kappa shape index (κ2) is 12.0. The summed E-state index contributed by atoms with van der Waals surface area (Å²) in [6.07, 6.45) is 8.44. The number of nitrogens with zero attached hydrogens (tertiary/aromatic N) is 5. The lowest BCUT2D eigenvalue weighted by molar-refractivity contribution is -0.120. The molecule has 0 radical (unpaired) electrons. The molecule has 0 fully saturated rings. The Morgan fingerprint density at radius 2 is 1.94 bits per heavy atom.